The Kier molecular flexibility index (Phi) is 3.80. The highest BCUT2D eigenvalue weighted by Gasteiger charge is 2.09. The summed E-state index contributed by atoms with van der Waals surface area (Å²) in [5, 5.41) is 7.39. The van der Waals surface area contributed by atoms with E-state index in [0.717, 1.165) is 11.4 Å². The second-order valence-corrected chi connectivity index (χ2v) is 3.93. The van der Waals surface area contributed by atoms with Crippen molar-refractivity contribution in [3.05, 3.63) is 11.4 Å². The van der Waals surface area contributed by atoms with Gasteiger partial charge in [-0.2, -0.15) is 0 Å². The third-order valence-corrected chi connectivity index (χ3v) is 2.02. The summed E-state index contributed by atoms with van der Waals surface area (Å²) in [7, 11) is 0. The lowest BCUT2D eigenvalue weighted by molar-refractivity contribution is -0.119. The van der Waals surface area contributed by atoms with E-state index in [1.54, 1.807) is 0 Å². The number of Topliss-reactive ketones (excluding diaryl/α,β-unsaturated/α-hetero) is 1. The lowest BCUT2D eigenvalue weighted by Crippen LogP contribution is -2.04. The van der Waals surface area contributed by atoms with Gasteiger partial charge in [-0.15, -0.1) is 0 Å². The normalized spacial score (nSPS) is 10.9. The van der Waals surface area contributed by atoms with Crippen molar-refractivity contribution < 1.29 is 9.42 Å². The van der Waals surface area contributed by atoms with E-state index < -0.39 is 0 Å². The first-order chi connectivity index (χ1) is 6.59. The first-order valence-corrected chi connectivity index (χ1v) is 4.89. The van der Waals surface area contributed by atoms with Crippen molar-refractivity contribution in [1.82, 2.24) is 10.3 Å². The first-order valence-electron chi connectivity index (χ1n) is 4.89. The zero-order chi connectivity index (χ0) is 10.6. The number of carbonyl (C=O) groups is 1. The summed E-state index contributed by atoms with van der Waals surface area (Å²) in [5.74, 6) is 0.710. The third-order valence-electron chi connectivity index (χ3n) is 2.02. The van der Waals surface area contributed by atoms with Gasteiger partial charge in [0.1, 0.15) is 17.2 Å². The van der Waals surface area contributed by atoms with Gasteiger partial charge in [0.05, 0.1) is 0 Å². The molecule has 0 unspecified atom stereocenters. The molecule has 0 amide bonds. The fourth-order valence-corrected chi connectivity index (χ4v) is 1.29. The van der Waals surface area contributed by atoms with Crippen molar-refractivity contribution in [3.63, 3.8) is 0 Å². The van der Waals surface area contributed by atoms with Crippen LogP contribution in [-0.4, -0.2) is 16.1 Å². The maximum Gasteiger partial charge on any atom is 0.133 e. The lowest BCUT2D eigenvalue weighted by atomic mass is 10.0. The molecule has 4 heteroatoms. The zero-order valence-electron chi connectivity index (χ0n) is 8.91. The molecule has 0 spiro atoms. The Morgan fingerprint density at radius 3 is 2.64 bits per heavy atom. The highest BCUT2D eigenvalue weighted by molar-refractivity contribution is 5.78. The molecule has 0 saturated heterocycles. The van der Waals surface area contributed by atoms with Gasteiger partial charge >= 0.3 is 0 Å². The van der Waals surface area contributed by atoms with E-state index in [9.17, 15) is 4.79 Å². The quantitative estimate of drug-likeness (QED) is 0.722. The van der Waals surface area contributed by atoms with Crippen LogP contribution in [0.15, 0.2) is 4.63 Å². The molecule has 0 atom stereocenters. The summed E-state index contributed by atoms with van der Waals surface area (Å²) in [6.07, 6.45) is 1.82. The molecule has 0 bridgehead atoms. The predicted molar refractivity (Wildman–Crippen MR) is 51.8 cm³/mol. The van der Waals surface area contributed by atoms with Crippen molar-refractivity contribution in [2.45, 2.75) is 40.0 Å². The van der Waals surface area contributed by atoms with E-state index in [0.29, 0.717) is 25.2 Å². The SMILES string of the molecule is Cc1nonc1CCC(=O)CC(C)C. The summed E-state index contributed by atoms with van der Waals surface area (Å²) < 4.78 is 4.55. The van der Waals surface area contributed by atoms with E-state index in [-0.39, 0.29) is 5.78 Å². The van der Waals surface area contributed by atoms with Crippen molar-refractivity contribution in [3.8, 4) is 0 Å². The molecule has 14 heavy (non-hydrogen) atoms. The van der Waals surface area contributed by atoms with Crippen LogP contribution in [-0.2, 0) is 11.2 Å². The fourth-order valence-electron chi connectivity index (χ4n) is 1.29. The molecule has 0 aromatic carbocycles. The van der Waals surface area contributed by atoms with Crippen molar-refractivity contribution in [2.24, 2.45) is 5.92 Å². The maximum absolute atomic E-state index is 11.4. The summed E-state index contributed by atoms with van der Waals surface area (Å²) in [4.78, 5) is 11.4. The van der Waals surface area contributed by atoms with E-state index in [1.807, 2.05) is 20.8 Å². The van der Waals surface area contributed by atoms with Crippen LogP contribution in [0, 0.1) is 12.8 Å². The van der Waals surface area contributed by atoms with Crippen molar-refractivity contribution in [2.75, 3.05) is 0 Å². The molecule has 1 rings (SSSR count). The van der Waals surface area contributed by atoms with Gasteiger partial charge in [0.15, 0.2) is 0 Å². The van der Waals surface area contributed by atoms with Crippen LogP contribution in [0.1, 0.15) is 38.1 Å². The number of ketones is 1. The smallest absolute Gasteiger partial charge is 0.133 e. The first kappa shape index (κ1) is 10.9. The molecule has 1 aromatic rings. The molecule has 1 heterocycles. The molecule has 0 aliphatic rings. The lowest BCUT2D eigenvalue weighted by Gasteiger charge is -2.01. The molecule has 0 aliphatic heterocycles. The molecule has 1 aromatic heterocycles. The third kappa shape index (κ3) is 3.28. The number of rotatable bonds is 5. The summed E-state index contributed by atoms with van der Waals surface area (Å²) in [5.41, 5.74) is 1.57. The van der Waals surface area contributed by atoms with Gasteiger partial charge < -0.3 is 0 Å². The van der Waals surface area contributed by atoms with E-state index in [1.165, 1.54) is 0 Å². The Morgan fingerprint density at radius 2 is 2.14 bits per heavy atom. The molecule has 0 fully saturated rings. The fraction of sp³-hybridized carbons (Fsp3) is 0.700. The molecular weight excluding hydrogens is 180 g/mol. The minimum atomic E-state index is 0.280. The highest BCUT2D eigenvalue weighted by Crippen LogP contribution is 2.08. The van der Waals surface area contributed by atoms with Crippen LogP contribution in [0.4, 0.5) is 0 Å². The second kappa shape index (κ2) is 4.88. The molecule has 78 valence electrons. The van der Waals surface area contributed by atoms with Crippen LogP contribution in [0.5, 0.6) is 0 Å². The van der Waals surface area contributed by atoms with Crippen molar-refractivity contribution in [1.29, 1.82) is 0 Å². The average molecular weight is 196 g/mol. The minimum absolute atomic E-state index is 0.280. The largest absolute Gasteiger partial charge is 0.300 e. The number of aryl methyl sites for hydroxylation is 2. The molecule has 0 radical (unpaired) electrons. The Bertz CT molecular complexity index is 305. The van der Waals surface area contributed by atoms with Crippen molar-refractivity contribution >= 4 is 5.78 Å². The highest BCUT2D eigenvalue weighted by atomic mass is 16.6. The van der Waals surface area contributed by atoms with Gasteiger partial charge in [0.2, 0.25) is 0 Å². The summed E-state index contributed by atoms with van der Waals surface area (Å²) >= 11 is 0. The number of aromatic nitrogens is 2. The van der Waals surface area contributed by atoms with Crippen LogP contribution in [0.3, 0.4) is 0 Å². The number of hydrogen-bond donors (Lipinski definition) is 0. The number of carbonyl (C=O) groups excluding carboxylic acids is 1. The Hall–Kier alpha value is -1.19. The Morgan fingerprint density at radius 1 is 1.43 bits per heavy atom. The standard InChI is InChI=1S/C10H16N2O2/c1-7(2)6-9(13)4-5-10-8(3)11-14-12-10/h7H,4-6H2,1-3H3. The molecule has 0 aliphatic carbocycles. The Labute approximate surface area is 83.6 Å². The van der Waals surface area contributed by atoms with Gasteiger partial charge in [0, 0.05) is 19.3 Å². The molecule has 0 saturated carbocycles. The van der Waals surface area contributed by atoms with E-state index >= 15 is 0 Å². The summed E-state index contributed by atoms with van der Waals surface area (Å²) in [6.45, 7) is 5.92. The maximum atomic E-state index is 11.4. The topological polar surface area (TPSA) is 56.0 Å². The van der Waals surface area contributed by atoms with E-state index in [2.05, 4.69) is 14.9 Å². The zero-order valence-corrected chi connectivity index (χ0v) is 8.91. The van der Waals surface area contributed by atoms with Gasteiger partial charge in [-0.1, -0.05) is 24.2 Å². The van der Waals surface area contributed by atoms with Gasteiger partial charge in [-0.25, -0.2) is 4.63 Å². The van der Waals surface area contributed by atoms with Gasteiger partial charge in [0.25, 0.3) is 0 Å². The second-order valence-electron chi connectivity index (χ2n) is 3.93. The van der Waals surface area contributed by atoms with Crippen LogP contribution < -0.4 is 0 Å². The monoisotopic (exact) mass is 196 g/mol. The minimum Gasteiger partial charge on any atom is -0.300 e. The van der Waals surface area contributed by atoms with Gasteiger partial charge in [-0.3, -0.25) is 4.79 Å². The Balaban J connectivity index is 2.34. The van der Waals surface area contributed by atoms with Crippen LogP contribution in [0.2, 0.25) is 0 Å². The van der Waals surface area contributed by atoms with Gasteiger partial charge in [-0.05, 0) is 12.8 Å². The average Bonchev–Trinajstić information content (AvgIpc) is 2.46. The molecular formula is C10H16N2O2. The molecule has 4 nitrogen and oxygen atoms in total. The van der Waals surface area contributed by atoms with Crippen LogP contribution >= 0.6 is 0 Å². The summed E-state index contributed by atoms with van der Waals surface area (Å²) in [6, 6.07) is 0. The van der Waals surface area contributed by atoms with E-state index in [4.69, 9.17) is 0 Å². The molecule has 0 N–H and O–H groups in total. The number of nitrogens with zero attached hydrogens (tertiary/aromatic N) is 2. The predicted octanol–water partition coefficient (Wildman–Crippen LogP) is 1.93. The van der Waals surface area contributed by atoms with Crippen LogP contribution in [0.25, 0.3) is 0 Å². The number of hydrogen-bond acceptors (Lipinski definition) is 4.